The highest BCUT2D eigenvalue weighted by molar-refractivity contribution is 6.34. The van der Waals surface area contributed by atoms with Gasteiger partial charge in [-0.1, -0.05) is 17.7 Å². The maximum absolute atomic E-state index is 13.3. The normalized spacial score (nSPS) is 19.3. The Morgan fingerprint density at radius 2 is 2.11 bits per heavy atom. The predicted octanol–water partition coefficient (Wildman–Crippen LogP) is 2.56. The van der Waals surface area contributed by atoms with Crippen molar-refractivity contribution in [3.05, 3.63) is 34.6 Å². The molecule has 0 saturated carbocycles. The van der Waals surface area contributed by atoms with Crippen LogP contribution in [0, 0.1) is 5.82 Å². The van der Waals surface area contributed by atoms with Gasteiger partial charge in [-0.15, -0.1) is 0 Å². The van der Waals surface area contributed by atoms with Crippen molar-refractivity contribution in [2.45, 2.75) is 25.3 Å². The van der Waals surface area contributed by atoms with E-state index in [1.165, 1.54) is 17.0 Å². The second kappa shape index (κ2) is 5.57. The second-order valence-corrected chi connectivity index (χ2v) is 4.83. The zero-order chi connectivity index (χ0) is 14.0. The van der Waals surface area contributed by atoms with E-state index in [-0.39, 0.29) is 10.6 Å². The maximum Gasteiger partial charge on any atom is 0.326 e. The fourth-order valence-electron chi connectivity index (χ4n) is 2.26. The van der Waals surface area contributed by atoms with Crippen molar-refractivity contribution in [1.29, 1.82) is 0 Å². The highest BCUT2D eigenvalue weighted by Gasteiger charge is 2.33. The lowest BCUT2D eigenvalue weighted by atomic mass is 10.0. The van der Waals surface area contributed by atoms with Gasteiger partial charge in [0.2, 0.25) is 0 Å². The van der Waals surface area contributed by atoms with Crippen LogP contribution in [0.1, 0.15) is 29.6 Å². The van der Waals surface area contributed by atoms with Crippen LogP contribution < -0.4 is 0 Å². The molecule has 19 heavy (non-hydrogen) atoms. The van der Waals surface area contributed by atoms with Crippen LogP contribution in [0.15, 0.2) is 18.2 Å². The van der Waals surface area contributed by atoms with Crippen molar-refractivity contribution >= 4 is 23.5 Å². The molecule has 1 aliphatic heterocycles. The molecule has 0 unspecified atom stereocenters. The van der Waals surface area contributed by atoms with Crippen LogP contribution in [-0.2, 0) is 4.79 Å². The van der Waals surface area contributed by atoms with Gasteiger partial charge in [0, 0.05) is 6.54 Å². The number of aliphatic carboxylic acids is 1. The first-order chi connectivity index (χ1) is 9.02. The smallest absolute Gasteiger partial charge is 0.326 e. The summed E-state index contributed by atoms with van der Waals surface area (Å²) >= 11 is 5.76. The van der Waals surface area contributed by atoms with Gasteiger partial charge in [-0.2, -0.15) is 0 Å². The summed E-state index contributed by atoms with van der Waals surface area (Å²) in [4.78, 5) is 24.7. The van der Waals surface area contributed by atoms with E-state index >= 15 is 0 Å². The van der Waals surface area contributed by atoms with E-state index in [1.807, 2.05) is 0 Å². The Hall–Kier alpha value is -1.62. The van der Waals surface area contributed by atoms with Crippen molar-refractivity contribution in [2.24, 2.45) is 0 Å². The van der Waals surface area contributed by atoms with E-state index in [4.69, 9.17) is 16.7 Å². The number of hydrogen-bond acceptors (Lipinski definition) is 2. The maximum atomic E-state index is 13.3. The number of nitrogens with zero attached hydrogens (tertiary/aromatic N) is 1. The van der Waals surface area contributed by atoms with Gasteiger partial charge in [0.1, 0.15) is 11.9 Å². The molecule has 1 aliphatic rings. The number of benzene rings is 1. The second-order valence-electron chi connectivity index (χ2n) is 4.45. The SMILES string of the molecule is O=C(O)[C@H]1CCCCN1C(=O)c1cccc(F)c1Cl. The van der Waals surface area contributed by atoms with Gasteiger partial charge in [0.05, 0.1) is 10.6 Å². The van der Waals surface area contributed by atoms with Crippen LogP contribution in [0.5, 0.6) is 0 Å². The van der Waals surface area contributed by atoms with Crippen LogP contribution in [0.3, 0.4) is 0 Å². The lowest BCUT2D eigenvalue weighted by Crippen LogP contribution is -2.48. The lowest BCUT2D eigenvalue weighted by molar-refractivity contribution is -0.143. The van der Waals surface area contributed by atoms with Gasteiger partial charge in [-0.3, -0.25) is 4.79 Å². The zero-order valence-electron chi connectivity index (χ0n) is 10.1. The molecule has 4 nitrogen and oxygen atoms in total. The molecule has 1 heterocycles. The fraction of sp³-hybridized carbons (Fsp3) is 0.385. The fourth-order valence-corrected chi connectivity index (χ4v) is 2.46. The third-order valence-electron chi connectivity index (χ3n) is 3.23. The number of carbonyl (C=O) groups is 2. The summed E-state index contributed by atoms with van der Waals surface area (Å²) in [6, 6.07) is 3.08. The number of rotatable bonds is 2. The minimum absolute atomic E-state index is 0.00909. The predicted molar refractivity (Wildman–Crippen MR) is 67.7 cm³/mol. The molecule has 6 heteroatoms. The summed E-state index contributed by atoms with van der Waals surface area (Å²) in [5, 5.41) is 8.87. The van der Waals surface area contributed by atoms with Crippen LogP contribution in [0.25, 0.3) is 0 Å². The van der Waals surface area contributed by atoms with Crippen LogP contribution in [0.2, 0.25) is 5.02 Å². The van der Waals surface area contributed by atoms with Crippen LogP contribution >= 0.6 is 11.6 Å². The minimum atomic E-state index is -1.04. The summed E-state index contributed by atoms with van der Waals surface area (Å²) in [7, 11) is 0. The first-order valence-corrected chi connectivity index (χ1v) is 6.38. The Morgan fingerprint density at radius 3 is 2.79 bits per heavy atom. The number of likely N-dealkylation sites (tertiary alicyclic amines) is 1. The molecule has 1 N–H and O–H groups in total. The zero-order valence-corrected chi connectivity index (χ0v) is 10.9. The third-order valence-corrected chi connectivity index (χ3v) is 3.61. The van der Waals surface area contributed by atoms with Gasteiger partial charge in [-0.25, -0.2) is 9.18 Å². The summed E-state index contributed by atoms with van der Waals surface area (Å²) in [5.74, 6) is -2.26. The molecule has 0 bridgehead atoms. The Morgan fingerprint density at radius 1 is 1.37 bits per heavy atom. The van der Waals surface area contributed by atoms with E-state index in [2.05, 4.69) is 0 Å². The first-order valence-electron chi connectivity index (χ1n) is 6.00. The number of amides is 1. The summed E-state index contributed by atoms with van der Waals surface area (Å²) in [6.45, 7) is 0.350. The molecule has 1 fully saturated rings. The number of hydrogen-bond donors (Lipinski definition) is 1. The highest BCUT2D eigenvalue weighted by Crippen LogP contribution is 2.25. The van der Waals surface area contributed by atoms with Crippen LogP contribution in [0.4, 0.5) is 4.39 Å². The molecule has 1 amide bonds. The van der Waals surface area contributed by atoms with Crippen molar-refractivity contribution in [3.8, 4) is 0 Å². The number of carboxylic acid groups (broad SMARTS) is 1. The van der Waals surface area contributed by atoms with Crippen LogP contribution in [-0.4, -0.2) is 34.5 Å². The highest BCUT2D eigenvalue weighted by atomic mass is 35.5. The number of carbonyl (C=O) groups excluding carboxylic acids is 1. The van der Waals surface area contributed by atoms with Gasteiger partial charge >= 0.3 is 5.97 Å². The molecular weight excluding hydrogens is 273 g/mol. The van der Waals surface area contributed by atoms with Crippen molar-refractivity contribution in [3.63, 3.8) is 0 Å². The van der Waals surface area contributed by atoms with E-state index in [0.717, 1.165) is 18.9 Å². The minimum Gasteiger partial charge on any atom is -0.480 e. The average molecular weight is 286 g/mol. The molecular formula is C13H13ClFNO3. The van der Waals surface area contributed by atoms with Crippen molar-refractivity contribution < 1.29 is 19.1 Å². The Balaban J connectivity index is 2.31. The molecule has 1 saturated heterocycles. The van der Waals surface area contributed by atoms with Crippen molar-refractivity contribution in [1.82, 2.24) is 4.90 Å². The molecule has 1 aromatic rings. The standard InChI is InChI=1S/C13H13ClFNO3/c14-11-8(4-3-5-9(11)15)12(17)16-7-2-1-6-10(16)13(18)19/h3-5,10H,1-2,6-7H2,(H,18,19)/t10-/m1/s1. The first kappa shape index (κ1) is 13.8. The summed E-state index contributed by atoms with van der Waals surface area (Å²) < 4.78 is 13.3. The topological polar surface area (TPSA) is 57.6 Å². The molecule has 102 valence electrons. The van der Waals surface area contributed by atoms with E-state index in [0.29, 0.717) is 13.0 Å². The largest absolute Gasteiger partial charge is 0.480 e. The third kappa shape index (κ3) is 2.71. The number of carboxylic acids is 1. The lowest BCUT2D eigenvalue weighted by Gasteiger charge is -2.33. The molecule has 1 atom stereocenters. The molecule has 1 aromatic carbocycles. The number of halogens is 2. The number of piperidine rings is 1. The molecule has 0 aromatic heterocycles. The Labute approximate surface area is 114 Å². The molecule has 0 spiro atoms. The molecule has 0 radical (unpaired) electrons. The van der Waals surface area contributed by atoms with E-state index in [1.54, 1.807) is 0 Å². The Kier molecular flexibility index (Phi) is 4.04. The van der Waals surface area contributed by atoms with E-state index < -0.39 is 23.7 Å². The van der Waals surface area contributed by atoms with Gasteiger partial charge < -0.3 is 10.0 Å². The summed E-state index contributed by atoms with van der Waals surface area (Å²) in [5.41, 5.74) is 0.00909. The summed E-state index contributed by atoms with van der Waals surface area (Å²) in [6.07, 6.45) is 1.91. The van der Waals surface area contributed by atoms with Gasteiger partial charge in [-0.05, 0) is 31.4 Å². The van der Waals surface area contributed by atoms with Gasteiger partial charge in [0.15, 0.2) is 0 Å². The molecule has 0 aliphatic carbocycles. The monoisotopic (exact) mass is 285 g/mol. The van der Waals surface area contributed by atoms with Gasteiger partial charge in [0.25, 0.3) is 5.91 Å². The quantitative estimate of drug-likeness (QED) is 0.908. The molecule has 2 rings (SSSR count). The average Bonchev–Trinajstić information content (AvgIpc) is 2.41. The van der Waals surface area contributed by atoms with Crippen molar-refractivity contribution in [2.75, 3.05) is 6.54 Å². The van der Waals surface area contributed by atoms with E-state index in [9.17, 15) is 14.0 Å². The Bertz CT molecular complexity index is 521.